The zero-order valence-electron chi connectivity index (χ0n) is 18.7. The third-order valence-electron chi connectivity index (χ3n) is 6.20. The Balaban J connectivity index is 1.47. The molecule has 1 saturated carbocycles. The number of hydrogen-bond donors (Lipinski definition) is 2. The van der Waals surface area contributed by atoms with Crippen LogP contribution in [0.25, 0.3) is 0 Å². The molecule has 1 amide bonds. The Kier molecular flexibility index (Phi) is 9.00. The normalized spacial score (nSPS) is 18.6. The van der Waals surface area contributed by atoms with E-state index < -0.39 is 0 Å². The van der Waals surface area contributed by atoms with E-state index >= 15 is 0 Å². The first-order valence-electron chi connectivity index (χ1n) is 11.7. The van der Waals surface area contributed by atoms with Crippen LogP contribution in [-0.4, -0.2) is 62.7 Å². The molecule has 30 heavy (non-hydrogen) atoms. The molecule has 2 aliphatic rings. The molecule has 2 fully saturated rings. The molecule has 6 heteroatoms. The Morgan fingerprint density at radius 2 is 1.97 bits per heavy atom. The molecule has 0 spiro atoms. The lowest BCUT2D eigenvalue weighted by Crippen LogP contribution is -2.47. The fourth-order valence-corrected chi connectivity index (χ4v) is 4.41. The van der Waals surface area contributed by atoms with E-state index in [-0.39, 0.29) is 5.91 Å². The molecular weight excluding hydrogens is 376 g/mol. The summed E-state index contributed by atoms with van der Waals surface area (Å²) in [5.74, 6) is 1.74. The highest BCUT2D eigenvalue weighted by molar-refractivity contribution is 5.94. The van der Waals surface area contributed by atoms with E-state index in [1.807, 2.05) is 18.2 Å². The third kappa shape index (κ3) is 6.73. The number of amides is 1. The van der Waals surface area contributed by atoms with Crippen LogP contribution in [0.5, 0.6) is 0 Å². The van der Waals surface area contributed by atoms with Crippen LogP contribution in [0.4, 0.5) is 0 Å². The number of carbonyl (C=O) groups excluding carboxylic acids is 1. The molecule has 0 bridgehead atoms. The predicted molar refractivity (Wildman–Crippen MR) is 122 cm³/mol. The Morgan fingerprint density at radius 1 is 1.20 bits per heavy atom. The lowest BCUT2D eigenvalue weighted by molar-refractivity contribution is 0.00102. The van der Waals surface area contributed by atoms with E-state index in [0.717, 1.165) is 62.9 Å². The Labute approximate surface area is 181 Å². The van der Waals surface area contributed by atoms with Crippen LogP contribution in [0.15, 0.2) is 29.3 Å². The van der Waals surface area contributed by atoms with Crippen LogP contribution in [0.3, 0.4) is 0 Å². The molecule has 0 atom stereocenters. The Bertz CT molecular complexity index is 692. The molecule has 1 aliphatic carbocycles. The smallest absolute Gasteiger partial charge is 0.251 e. The maximum atomic E-state index is 11.8. The van der Waals surface area contributed by atoms with Gasteiger partial charge < -0.3 is 20.3 Å². The molecule has 0 radical (unpaired) electrons. The van der Waals surface area contributed by atoms with Gasteiger partial charge in [0.15, 0.2) is 5.96 Å². The molecule has 2 N–H and O–H groups in total. The summed E-state index contributed by atoms with van der Waals surface area (Å²) in [4.78, 5) is 19.0. The maximum Gasteiger partial charge on any atom is 0.251 e. The van der Waals surface area contributed by atoms with Gasteiger partial charge in [-0.05, 0) is 62.6 Å². The molecule has 1 aromatic rings. The van der Waals surface area contributed by atoms with Crippen molar-refractivity contribution < 1.29 is 9.53 Å². The van der Waals surface area contributed by atoms with Gasteiger partial charge in [0, 0.05) is 45.4 Å². The summed E-state index contributed by atoms with van der Waals surface area (Å²) in [7, 11) is 1.66. The van der Waals surface area contributed by atoms with Gasteiger partial charge in [-0.3, -0.25) is 9.79 Å². The zero-order chi connectivity index (χ0) is 21.2. The van der Waals surface area contributed by atoms with Gasteiger partial charge in [0.2, 0.25) is 0 Å². The molecule has 1 aliphatic heterocycles. The van der Waals surface area contributed by atoms with Crippen LogP contribution in [0.2, 0.25) is 0 Å². The minimum atomic E-state index is -0.0493. The van der Waals surface area contributed by atoms with Crippen molar-refractivity contribution in [2.24, 2.45) is 10.9 Å². The first-order valence-corrected chi connectivity index (χ1v) is 11.7. The fraction of sp³-hybridized carbons (Fsp3) is 0.667. The quantitative estimate of drug-likeness (QED) is 0.506. The standard InChI is InChI=1S/C24H38N4O2/c1-3-26-24(27-14-11-19-9-6-10-21(17-19)23(29)25-2)28-15-12-22(13-16-28)30-18-20-7-4-5-8-20/h6,9-10,17,20,22H,3-5,7-8,11-16,18H2,1-2H3,(H,25,29)(H,26,27). The van der Waals surface area contributed by atoms with Gasteiger partial charge in [0.05, 0.1) is 6.10 Å². The monoisotopic (exact) mass is 414 g/mol. The molecular formula is C24H38N4O2. The van der Waals surface area contributed by atoms with Crippen LogP contribution < -0.4 is 10.6 Å². The van der Waals surface area contributed by atoms with Crippen molar-refractivity contribution >= 4 is 11.9 Å². The number of guanidine groups is 1. The Hall–Kier alpha value is -2.08. The maximum absolute atomic E-state index is 11.8. The largest absolute Gasteiger partial charge is 0.378 e. The number of nitrogens with zero attached hydrogens (tertiary/aromatic N) is 2. The van der Waals surface area contributed by atoms with Crippen molar-refractivity contribution in [2.75, 3.05) is 39.8 Å². The second-order valence-electron chi connectivity index (χ2n) is 8.44. The number of piperidine rings is 1. The average Bonchev–Trinajstić information content (AvgIpc) is 3.31. The van der Waals surface area contributed by atoms with E-state index in [9.17, 15) is 4.79 Å². The number of aliphatic imine (C=N–C) groups is 1. The minimum absolute atomic E-state index is 0.0493. The second kappa shape index (κ2) is 11.9. The SMILES string of the molecule is CCNC(=NCCc1cccc(C(=O)NC)c1)N1CCC(OCC2CCCC2)CC1. The zero-order valence-corrected chi connectivity index (χ0v) is 18.7. The highest BCUT2D eigenvalue weighted by atomic mass is 16.5. The van der Waals surface area contributed by atoms with Crippen molar-refractivity contribution in [1.29, 1.82) is 0 Å². The van der Waals surface area contributed by atoms with E-state index in [0.29, 0.717) is 18.2 Å². The van der Waals surface area contributed by atoms with Crippen molar-refractivity contribution in [3.8, 4) is 0 Å². The molecule has 0 aromatic heterocycles. The van der Waals surface area contributed by atoms with Crippen LogP contribution in [0, 0.1) is 5.92 Å². The number of nitrogens with one attached hydrogen (secondary N) is 2. The molecule has 1 aromatic carbocycles. The number of hydrogen-bond acceptors (Lipinski definition) is 3. The summed E-state index contributed by atoms with van der Waals surface area (Å²) in [5, 5.41) is 6.12. The van der Waals surface area contributed by atoms with Crippen molar-refractivity contribution in [2.45, 2.75) is 58.0 Å². The number of ether oxygens (including phenoxy) is 1. The van der Waals surface area contributed by atoms with E-state index in [4.69, 9.17) is 9.73 Å². The van der Waals surface area contributed by atoms with Crippen LogP contribution in [0.1, 0.15) is 61.4 Å². The van der Waals surface area contributed by atoms with Gasteiger partial charge in [-0.2, -0.15) is 0 Å². The van der Waals surface area contributed by atoms with Gasteiger partial charge >= 0.3 is 0 Å². The highest BCUT2D eigenvalue weighted by Crippen LogP contribution is 2.26. The van der Waals surface area contributed by atoms with Gasteiger partial charge in [-0.1, -0.05) is 25.0 Å². The van der Waals surface area contributed by atoms with Crippen molar-refractivity contribution in [3.05, 3.63) is 35.4 Å². The summed E-state index contributed by atoms with van der Waals surface area (Å²) in [5.41, 5.74) is 1.83. The average molecular weight is 415 g/mol. The van der Waals surface area contributed by atoms with Crippen LogP contribution in [-0.2, 0) is 11.2 Å². The summed E-state index contributed by atoms with van der Waals surface area (Å²) >= 11 is 0. The third-order valence-corrected chi connectivity index (χ3v) is 6.20. The predicted octanol–water partition coefficient (Wildman–Crippen LogP) is 3.23. The number of benzene rings is 1. The molecule has 6 nitrogen and oxygen atoms in total. The van der Waals surface area contributed by atoms with Gasteiger partial charge in [0.25, 0.3) is 5.91 Å². The lowest BCUT2D eigenvalue weighted by atomic mass is 10.1. The number of likely N-dealkylation sites (tertiary alicyclic amines) is 1. The first-order chi connectivity index (χ1) is 14.7. The van der Waals surface area contributed by atoms with E-state index in [1.165, 1.54) is 25.7 Å². The topological polar surface area (TPSA) is 66.0 Å². The summed E-state index contributed by atoms with van der Waals surface area (Å²) in [6.07, 6.45) is 8.83. The summed E-state index contributed by atoms with van der Waals surface area (Å²) < 4.78 is 6.21. The molecule has 3 rings (SSSR count). The van der Waals surface area contributed by atoms with Gasteiger partial charge in [-0.25, -0.2) is 0 Å². The summed E-state index contributed by atoms with van der Waals surface area (Å²) in [6, 6.07) is 7.79. The van der Waals surface area contributed by atoms with Crippen molar-refractivity contribution in [3.63, 3.8) is 0 Å². The Morgan fingerprint density at radius 3 is 2.67 bits per heavy atom. The first kappa shape index (κ1) is 22.6. The molecule has 0 unspecified atom stereocenters. The minimum Gasteiger partial charge on any atom is -0.378 e. The fourth-order valence-electron chi connectivity index (χ4n) is 4.41. The van der Waals surface area contributed by atoms with Gasteiger partial charge in [0.1, 0.15) is 0 Å². The molecule has 166 valence electrons. The van der Waals surface area contributed by atoms with E-state index in [1.54, 1.807) is 7.05 Å². The molecule has 1 heterocycles. The highest BCUT2D eigenvalue weighted by Gasteiger charge is 2.23. The molecule has 1 saturated heterocycles. The van der Waals surface area contributed by atoms with Gasteiger partial charge in [-0.15, -0.1) is 0 Å². The number of rotatable bonds is 8. The second-order valence-corrected chi connectivity index (χ2v) is 8.44. The van der Waals surface area contributed by atoms with Crippen LogP contribution >= 0.6 is 0 Å². The van der Waals surface area contributed by atoms with Crippen molar-refractivity contribution in [1.82, 2.24) is 15.5 Å². The number of carbonyl (C=O) groups is 1. The summed E-state index contributed by atoms with van der Waals surface area (Å²) in [6.45, 7) is 6.62. The van der Waals surface area contributed by atoms with E-state index in [2.05, 4.69) is 28.5 Å². The lowest BCUT2D eigenvalue weighted by Gasteiger charge is -2.34.